The van der Waals surface area contributed by atoms with Gasteiger partial charge in [0.1, 0.15) is 29.0 Å². The molecule has 3 aromatic rings. The molecule has 184 valence electrons. The van der Waals surface area contributed by atoms with Crippen LogP contribution in [0.5, 0.6) is 17.2 Å². The van der Waals surface area contributed by atoms with Gasteiger partial charge in [-0.15, -0.1) is 0 Å². The Hall–Kier alpha value is -5.34. The van der Waals surface area contributed by atoms with Crippen LogP contribution in [0.1, 0.15) is 16.7 Å². The van der Waals surface area contributed by atoms with Gasteiger partial charge in [-0.05, 0) is 41.5 Å². The fraction of sp³-hybridized carbons (Fsp3) is 0.103. The smallest absolute Gasteiger partial charge is 0.354 e. The molecule has 0 aliphatic heterocycles. The zero-order valence-corrected chi connectivity index (χ0v) is 20.2. The lowest BCUT2D eigenvalue weighted by Crippen LogP contribution is -2.23. The lowest BCUT2D eigenvalue weighted by atomic mass is 10.1. The zero-order chi connectivity index (χ0) is 26.6. The van der Waals surface area contributed by atoms with Gasteiger partial charge in [-0.3, -0.25) is 4.79 Å². The molecule has 0 atom stereocenters. The van der Waals surface area contributed by atoms with Crippen molar-refractivity contribution in [1.82, 2.24) is 5.32 Å². The van der Waals surface area contributed by atoms with Gasteiger partial charge in [-0.2, -0.15) is 10.5 Å². The van der Waals surface area contributed by atoms with E-state index in [2.05, 4.69) is 5.32 Å². The summed E-state index contributed by atoms with van der Waals surface area (Å²) >= 11 is 0. The molecular formula is C29H23N3O5. The first kappa shape index (κ1) is 26.3. The van der Waals surface area contributed by atoms with Crippen LogP contribution in [-0.4, -0.2) is 26.1 Å². The molecule has 0 aliphatic carbocycles. The van der Waals surface area contributed by atoms with Crippen molar-refractivity contribution in [3.05, 3.63) is 101 Å². The van der Waals surface area contributed by atoms with Gasteiger partial charge in [-0.25, -0.2) is 4.79 Å². The summed E-state index contributed by atoms with van der Waals surface area (Å²) in [5.41, 5.74) is 1.58. The minimum atomic E-state index is -0.881. The van der Waals surface area contributed by atoms with E-state index in [1.165, 1.54) is 38.5 Å². The second-order valence-electron chi connectivity index (χ2n) is 7.55. The van der Waals surface area contributed by atoms with Crippen LogP contribution in [-0.2, 0) is 16.1 Å². The molecule has 1 amide bonds. The molecule has 37 heavy (non-hydrogen) atoms. The number of rotatable bonds is 9. The average molecular weight is 494 g/mol. The van der Waals surface area contributed by atoms with E-state index in [0.717, 1.165) is 5.56 Å². The minimum absolute atomic E-state index is 0.0675. The van der Waals surface area contributed by atoms with Crippen LogP contribution in [0.4, 0.5) is 0 Å². The van der Waals surface area contributed by atoms with E-state index in [4.69, 9.17) is 14.2 Å². The Morgan fingerprint density at radius 3 is 2.16 bits per heavy atom. The first-order valence-corrected chi connectivity index (χ1v) is 11.1. The summed E-state index contributed by atoms with van der Waals surface area (Å²) in [4.78, 5) is 25.2. The maximum Gasteiger partial charge on any atom is 0.354 e. The maximum absolute atomic E-state index is 12.7. The molecule has 8 heteroatoms. The Bertz CT molecular complexity index is 1430. The lowest BCUT2D eigenvalue weighted by Gasteiger charge is -2.10. The number of amides is 1. The van der Waals surface area contributed by atoms with E-state index in [9.17, 15) is 20.1 Å². The van der Waals surface area contributed by atoms with Crippen LogP contribution in [0.15, 0.2) is 83.9 Å². The van der Waals surface area contributed by atoms with Gasteiger partial charge in [0.2, 0.25) is 0 Å². The minimum Gasteiger partial charge on any atom is -0.496 e. The van der Waals surface area contributed by atoms with Crippen molar-refractivity contribution in [2.45, 2.75) is 6.54 Å². The third-order valence-corrected chi connectivity index (χ3v) is 5.14. The van der Waals surface area contributed by atoms with E-state index >= 15 is 0 Å². The van der Waals surface area contributed by atoms with Crippen molar-refractivity contribution in [2.24, 2.45) is 0 Å². The van der Waals surface area contributed by atoms with Crippen LogP contribution in [0.3, 0.4) is 0 Å². The number of benzene rings is 3. The molecule has 0 heterocycles. The summed E-state index contributed by atoms with van der Waals surface area (Å²) in [7, 11) is 2.87. The maximum atomic E-state index is 12.7. The predicted octanol–water partition coefficient (Wildman–Crippen LogP) is 4.44. The molecule has 8 nitrogen and oxygen atoms in total. The number of esters is 1. The topological polar surface area (TPSA) is 121 Å². The van der Waals surface area contributed by atoms with Gasteiger partial charge in [0.15, 0.2) is 11.5 Å². The summed E-state index contributed by atoms with van der Waals surface area (Å²) in [6.45, 7) is 0.278. The Morgan fingerprint density at radius 2 is 1.49 bits per heavy atom. The summed E-state index contributed by atoms with van der Waals surface area (Å²) in [6.07, 6.45) is 2.77. The zero-order valence-electron chi connectivity index (χ0n) is 20.2. The van der Waals surface area contributed by atoms with E-state index < -0.39 is 11.9 Å². The Morgan fingerprint density at radius 1 is 0.811 bits per heavy atom. The summed E-state index contributed by atoms with van der Waals surface area (Å²) in [5.74, 6) is -0.664. The van der Waals surface area contributed by atoms with Crippen molar-refractivity contribution < 1.29 is 23.8 Å². The highest BCUT2D eigenvalue weighted by Gasteiger charge is 2.17. The highest BCUT2D eigenvalue weighted by Crippen LogP contribution is 2.30. The number of ether oxygens (including phenoxy) is 3. The number of carbonyl (C=O) groups is 2. The fourth-order valence-corrected chi connectivity index (χ4v) is 3.28. The van der Waals surface area contributed by atoms with Crippen LogP contribution in [0.2, 0.25) is 0 Å². The monoisotopic (exact) mass is 493 g/mol. The van der Waals surface area contributed by atoms with Crippen molar-refractivity contribution in [3.8, 4) is 29.4 Å². The van der Waals surface area contributed by atoms with Crippen LogP contribution >= 0.6 is 0 Å². The number of para-hydroxylation sites is 1. The molecule has 0 unspecified atom stereocenters. The quantitative estimate of drug-likeness (QED) is 0.202. The first-order valence-electron chi connectivity index (χ1n) is 11.1. The highest BCUT2D eigenvalue weighted by molar-refractivity contribution is 6.02. The van der Waals surface area contributed by atoms with E-state index in [-0.39, 0.29) is 29.2 Å². The number of methoxy groups -OCH3 is 2. The Kier molecular flexibility index (Phi) is 9.18. The molecule has 0 spiro atoms. The lowest BCUT2D eigenvalue weighted by molar-refractivity contribution is -0.129. The molecule has 3 rings (SSSR count). The Balaban J connectivity index is 1.77. The molecule has 0 aliphatic rings. The molecule has 0 aromatic heterocycles. The molecule has 0 saturated carbocycles. The van der Waals surface area contributed by atoms with Crippen LogP contribution in [0.25, 0.3) is 12.2 Å². The van der Waals surface area contributed by atoms with Crippen molar-refractivity contribution in [3.63, 3.8) is 0 Å². The summed E-state index contributed by atoms with van der Waals surface area (Å²) in [6, 6.07) is 24.5. The third-order valence-electron chi connectivity index (χ3n) is 5.14. The molecule has 0 bridgehead atoms. The molecule has 0 fully saturated rings. The predicted molar refractivity (Wildman–Crippen MR) is 137 cm³/mol. The largest absolute Gasteiger partial charge is 0.496 e. The number of nitrogens with one attached hydrogen (secondary N) is 1. The molecule has 3 aromatic carbocycles. The van der Waals surface area contributed by atoms with Gasteiger partial charge in [0, 0.05) is 12.1 Å². The number of hydrogen-bond acceptors (Lipinski definition) is 7. The van der Waals surface area contributed by atoms with Gasteiger partial charge in [0.05, 0.1) is 14.2 Å². The highest BCUT2D eigenvalue weighted by atomic mass is 16.6. The second-order valence-corrected chi connectivity index (χ2v) is 7.55. The number of nitriles is 2. The SMILES string of the molecule is COc1ccccc1/C=C(\C#N)C(=O)Oc1ccc(/C=C(\C#N)C(=O)NCc2ccccc2)cc1OC. The van der Waals surface area contributed by atoms with E-state index in [1.54, 1.807) is 30.3 Å². The average Bonchev–Trinajstić information content (AvgIpc) is 2.94. The van der Waals surface area contributed by atoms with Gasteiger partial charge in [0.25, 0.3) is 5.91 Å². The molecular weight excluding hydrogens is 470 g/mol. The Labute approximate surface area is 214 Å². The van der Waals surface area contributed by atoms with Crippen molar-refractivity contribution >= 4 is 24.0 Å². The van der Waals surface area contributed by atoms with E-state index in [1.807, 2.05) is 42.5 Å². The standard InChI is InChI=1S/C29H23N3O5/c1-35-25-11-7-6-10-22(25)16-24(18-31)29(34)37-26-13-12-21(15-27(26)36-2)14-23(17-30)28(33)32-19-20-8-4-3-5-9-20/h3-16H,19H2,1-2H3,(H,32,33)/b23-14+,24-16+. The normalized spacial score (nSPS) is 11.0. The number of hydrogen-bond donors (Lipinski definition) is 1. The molecule has 0 saturated heterocycles. The van der Waals surface area contributed by atoms with Crippen LogP contribution in [0, 0.1) is 22.7 Å². The van der Waals surface area contributed by atoms with Crippen molar-refractivity contribution in [2.75, 3.05) is 14.2 Å². The van der Waals surface area contributed by atoms with Crippen LogP contribution < -0.4 is 19.5 Å². The number of nitrogens with zero attached hydrogens (tertiary/aromatic N) is 2. The summed E-state index contributed by atoms with van der Waals surface area (Å²) in [5, 5.41) is 21.7. The second kappa shape index (κ2) is 12.9. The fourth-order valence-electron chi connectivity index (χ4n) is 3.28. The van der Waals surface area contributed by atoms with Gasteiger partial charge >= 0.3 is 5.97 Å². The first-order chi connectivity index (χ1) is 18.0. The molecule has 0 radical (unpaired) electrons. The molecule has 1 N–H and O–H groups in total. The van der Waals surface area contributed by atoms with E-state index in [0.29, 0.717) is 16.9 Å². The third kappa shape index (κ3) is 7.08. The number of carbonyl (C=O) groups excluding carboxylic acids is 2. The van der Waals surface area contributed by atoms with Gasteiger partial charge in [-0.1, -0.05) is 54.6 Å². The summed E-state index contributed by atoms with van der Waals surface area (Å²) < 4.78 is 16.0. The van der Waals surface area contributed by atoms with Crippen molar-refractivity contribution in [1.29, 1.82) is 10.5 Å². The van der Waals surface area contributed by atoms with Gasteiger partial charge < -0.3 is 19.5 Å².